The highest BCUT2D eigenvalue weighted by Gasteiger charge is 1.89. The fourth-order valence-corrected chi connectivity index (χ4v) is 1.12. The Morgan fingerprint density at radius 3 is 2.23 bits per heavy atom. The molecule has 1 nitrogen and oxygen atoms in total. The summed E-state index contributed by atoms with van der Waals surface area (Å²) >= 11 is 0. The predicted molar refractivity (Wildman–Crippen MR) is 60.7 cm³/mol. The van der Waals surface area contributed by atoms with Crippen molar-refractivity contribution in [2.45, 2.75) is 46.5 Å². The highest BCUT2D eigenvalue weighted by atomic mass is 14.5. The fourth-order valence-electron chi connectivity index (χ4n) is 1.12. The zero-order chi connectivity index (χ0) is 10.1. The van der Waals surface area contributed by atoms with Gasteiger partial charge in [-0.25, -0.2) is 0 Å². The molecular formula is C12H23N. The van der Waals surface area contributed by atoms with Gasteiger partial charge in [-0.15, -0.1) is 0 Å². The van der Waals surface area contributed by atoms with Crippen LogP contribution < -0.4 is 5.73 Å². The third-order valence-corrected chi connectivity index (χ3v) is 2.13. The molecule has 0 aromatic carbocycles. The maximum absolute atomic E-state index is 5.49. The average molecular weight is 181 g/mol. The molecule has 76 valence electrons. The Hall–Kier alpha value is -0.560. The summed E-state index contributed by atoms with van der Waals surface area (Å²) in [5.41, 5.74) is 8.28. The largest absolute Gasteiger partial charge is 0.327 e. The Morgan fingerprint density at radius 1 is 1.08 bits per heavy atom. The minimum Gasteiger partial charge on any atom is -0.327 e. The Morgan fingerprint density at radius 2 is 1.69 bits per heavy atom. The maximum Gasteiger partial charge on any atom is 0.0134 e. The van der Waals surface area contributed by atoms with Gasteiger partial charge in [0.25, 0.3) is 0 Å². The van der Waals surface area contributed by atoms with Gasteiger partial charge in [0.05, 0.1) is 0 Å². The van der Waals surface area contributed by atoms with E-state index < -0.39 is 0 Å². The van der Waals surface area contributed by atoms with Crippen molar-refractivity contribution in [3.05, 3.63) is 23.3 Å². The average Bonchev–Trinajstić information content (AvgIpc) is 2.14. The van der Waals surface area contributed by atoms with Crippen molar-refractivity contribution in [3.63, 3.8) is 0 Å². The van der Waals surface area contributed by atoms with E-state index in [1.54, 1.807) is 0 Å². The molecule has 0 amide bonds. The van der Waals surface area contributed by atoms with E-state index in [2.05, 4.69) is 32.9 Å². The van der Waals surface area contributed by atoms with Gasteiger partial charge in [-0.1, -0.05) is 36.6 Å². The van der Waals surface area contributed by atoms with Crippen LogP contribution in [0.15, 0.2) is 23.3 Å². The van der Waals surface area contributed by atoms with Gasteiger partial charge in [-0.3, -0.25) is 0 Å². The summed E-state index contributed by atoms with van der Waals surface area (Å²) in [5.74, 6) is 0. The minimum absolute atomic E-state index is 0.692. The summed E-state index contributed by atoms with van der Waals surface area (Å²) in [6.45, 7) is 7.20. The highest BCUT2D eigenvalue weighted by Crippen LogP contribution is 2.07. The van der Waals surface area contributed by atoms with E-state index in [9.17, 15) is 0 Å². The summed E-state index contributed by atoms with van der Waals surface area (Å²) in [6.07, 6.45) is 9.35. The molecule has 0 bridgehead atoms. The second-order valence-corrected chi connectivity index (χ2v) is 3.63. The Labute approximate surface area is 82.7 Å². The molecule has 13 heavy (non-hydrogen) atoms. The summed E-state index contributed by atoms with van der Waals surface area (Å²) in [6, 6.07) is 0. The number of allylic oxidation sites excluding steroid dienone is 3. The summed E-state index contributed by atoms with van der Waals surface area (Å²) < 4.78 is 0. The number of hydrogen-bond acceptors (Lipinski definition) is 1. The molecule has 0 aliphatic rings. The first kappa shape index (κ1) is 12.4. The molecular weight excluding hydrogens is 158 g/mol. The van der Waals surface area contributed by atoms with E-state index >= 15 is 0 Å². The quantitative estimate of drug-likeness (QED) is 0.624. The van der Waals surface area contributed by atoms with Crippen LogP contribution in [0.4, 0.5) is 0 Å². The van der Waals surface area contributed by atoms with Gasteiger partial charge in [-0.05, 0) is 33.1 Å². The van der Waals surface area contributed by atoms with Crippen molar-refractivity contribution < 1.29 is 0 Å². The van der Waals surface area contributed by atoms with Crippen LogP contribution in [0.3, 0.4) is 0 Å². The molecule has 0 saturated carbocycles. The molecule has 2 N–H and O–H groups in total. The lowest BCUT2D eigenvalue weighted by Crippen LogP contribution is -1.99. The third kappa shape index (κ3) is 7.79. The highest BCUT2D eigenvalue weighted by molar-refractivity contribution is 5.04. The Bertz CT molecular complexity index is 178. The van der Waals surface area contributed by atoms with E-state index in [-0.39, 0.29) is 0 Å². The molecule has 0 heterocycles. The normalized spacial score (nSPS) is 13.5. The van der Waals surface area contributed by atoms with Gasteiger partial charge in [0.2, 0.25) is 0 Å². The van der Waals surface area contributed by atoms with Crippen molar-refractivity contribution in [1.82, 2.24) is 0 Å². The standard InChI is InChI=1S/C12H23N/c1-4-5-7-11(2)8-6-9-12(3)10-13/h7,9H,4-6,8,10,13H2,1-3H3. The van der Waals surface area contributed by atoms with Gasteiger partial charge in [0.15, 0.2) is 0 Å². The van der Waals surface area contributed by atoms with E-state index in [0.717, 1.165) is 6.42 Å². The molecule has 0 fully saturated rings. The van der Waals surface area contributed by atoms with Crippen LogP contribution in [0, 0.1) is 0 Å². The summed E-state index contributed by atoms with van der Waals surface area (Å²) in [5, 5.41) is 0. The van der Waals surface area contributed by atoms with Crippen LogP contribution >= 0.6 is 0 Å². The van der Waals surface area contributed by atoms with Crippen LogP contribution in [-0.4, -0.2) is 6.54 Å². The SMILES string of the molecule is CCCC=C(C)CCC=C(C)CN. The van der Waals surface area contributed by atoms with Crippen molar-refractivity contribution in [2.75, 3.05) is 6.54 Å². The lowest BCUT2D eigenvalue weighted by Gasteiger charge is -1.99. The van der Waals surface area contributed by atoms with E-state index in [1.807, 2.05) is 0 Å². The lowest BCUT2D eigenvalue weighted by atomic mass is 10.1. The monoisotopic (exact) mass is 181 g/mol. The van der Waals surface area contributed by atoms with Crippen LogP contribution in [0.1, 0.15) is 46.5 Å². The Balaban J connectivity index is 3.63. The molecule has 0 atom stereocenters. The third-order valence-electron chi connectivity index (χ3n) is 2.13. The first-order chi connectivity index (χ1) is 6.20. The minimum atomic E-state index is 0.692. The molecule has 0 unspecified atom stereocenters. The summed E-state index contributed by atoms with van der Waals surface area (Å²) in [4.78, 5) is 0. The summed E-state index contributed by atoms with van der Waals surface area (Å²) in [7, 11) is 0. The topological polar surface area (TPSA) is 26.0 Å². The van der Waals surface area contributed by atoms with Gasteiger partial charge in [0, 0.05) is 6.54 Å². The van der Waals surface area contributed by atoms with Crippen LogP contribution in [0.5, 0.6) is 0 Å². The molecule has 0 spiro atoms. The second-order valence-electron chi connectivity index (χ2n) is 3.63. The molecule has 1 heteroatoms. The second kappa shape index (κ2) is 8.06. The van der Waals surface area contributed by atoms with E-state index in [1.165, 1.54) is 30.4 Å². The zero-order valence-corrected chi connectivity index (χ0v) is 9.27. The number of unbranched alkanes of at least 4 members (excludes halogenated alkanes) is 1. The number of hydrogen-bond donors (Lipinski definition) is 1. The predicted octanol–water partition coefficient (Wildman–Crippen LogP) is 3.42. The van der Waals surface area contributed by atoms with E-state index in [0.29, 0.717) is 6.54 Å². The molecule has 0 aliphatic heterocycles. The molecule has 0 saturated heterocycles. The van der Waals surface area contributed by atoms with Crippen LogP contribution in [-0.2, 0) is 0 Å². The number of rotatable bonds is 6. The molecule has 0 aromatic rings. The Kier molecular flexibility index (Phi) is 7.71. The van der Waals surface area contributed by atoms with Gasteiger partial charge in [0.1, 0.15) is 0 Å². The van der Waals surface area contributed by atoms with Crippen molar-refractivity contribution in [2.24, 2.45) is 5.73 Å². The van der Waals surface area contributed by atoms with Crippen molar-refractivity contribution >= 4 is 0 Å². The fraction of sp³-hybridized carbons (Fsp3) is 0.667. The first-order valence-corrected chi connectivity index (χ1v) is 5.22. The molecule has 0 radical (unpaired) electrons. The van der Waals surface area contributed by atoms with Crippen molar-refractivity contribution in [1.29, 1.82) is 0 Å². The maximum atomic E-state index is 5.49. The molecule has 0 rings (SSSR count). The lowest BCUT2D eigenvalue weighted by molar-refractivity contribution is 0.905. The van der Waals surface area contributed by atoms with Crippen molar-refractivity contribution in [3.8, 4) is 0 Å². The van der Waals surface area contributed by atoms with Gasteiger partial charge in [-0.2, -0.15) is 0 Å². The van der Waals surface area contributed by atoms with Crippen LogP contribution in [0.25, 0.3) is 0 Å². The van der Waals surface area contributed by atoms with Crippen LogP contribution in [0.2, 0.25) is 0 Å². The van der Waals surface area contributed by atoms with Gasteiger partial charge >= 0.3 is 0 Å². The first-order valence-electron chi connectivity index (χ1n) is 5.22. The zero-order valence-electron chi connectivity index (χ0n) is 9.27. The van der Waals surface area contributed by atoms with E-state index in [4.69, 9.17) is 5.73 Å². The van der Waals surface area contributed by atoms with Gasteiger partial charge < -0.3 is 5.73 Å². The number of nitrogens with two attached hydrogens (primary N) is 1. The smallest absolute Gasteiger partial charge is 0.0134 e. The molecule has 0 aromatic heterocycles. The molecule has 0 aliphatic carbocycles.